The second-order valence-electron chi connectivity index (χ2n) is 6.04. The molecule has 1 saturated carbocycles. The molecule has 0 aliphatic heterocycles. The summed E-state index contributed by atoms with van der Waals surface area (Å²) in [6, 6.07) is 0. The Hall–Kier alpha value is -0.530. The molecule has 2 heteroatoms. The van der Waals surface area contributed by atoms with Gasteiger partial charge in [-0.05, 0) is 43.4 Å². The van der Waals surface area contributed by atoms with Gasteiger partial charge in [-0.3, -0.25) is 4.79 Å². The number of esters is 1. The van der Waals surface area contributed by atoms with E-state index in [2.05, 4.69) is 13.8 Å². The highest BCUT2D eigenvalue weighted by Gasteiger charge is 2.25. The molecular formula is C16H30O2. The van der Waals surface area contributed by atoms with E-state index in [1.165, 1.54) is 52.1 Å². The van der Waals surface area contributed by atoms with Crippen LogP contribution in [0.3, 0.4) is 0 Å². The van der Waals surface area contributed by atoms with Crippen molar-refractivity contribution in [3.8, 4) is 0 Å². The lowest BCUT2D eigenvalue weighted by atomic mass is 9.73. The monoisotopic (exact) mass is 254 g/mol. The van der Waals surface area contributed by atoms with Crippen LogP contribution >= 0.6 is 0 Å². The Morgan fingerprint density at radius 1 is 1.22 bits per heavy atom. The van der Waals surface area contributed by atoms with Gasteiger partial charge in [0.1, 0.15) is 0 Å². The fourth-order valence-corrected chi connectivity index (χ4v) is 3.35. The summed E-state index contributed by atoms with van der Waals surface area (Å²) in [4.78, 5) is 11.1. The fraction of sp³-hybridized carbons (Fsp3) is 0.938. The summed E-state index contributed by atoms with van der Waals surface area (Å²) in [6.45, 7) is 4.65. The highest BCUT2D eigenvalue weighted by Crippen LogP contribution is 2.37. The Morgan fingerprint density at radius 3 is 2.44 bits per heavy atom. The molecule has 0 bridgehead atoms. The average Bonchev–Trinajstić information content (AvgIpc) is 2.38. The first-order chi connectivity index (χ1) is 8.67. The maximum Gasteiger partial charge on any atom is 0.305 e. The first kappa shape index (κ1) is 15.5. The van der Waals surface area contributed by atoms with E-state index in [-0.39, 0.29) is 5.97 Å². The molecule has 0 saturated heterocycles. The van der Waals surface area contributed by atoms with Gasteiger partial charge in [-0.1, -0.05) is 39.5 Å². The zero-order valence-electron chi connectivity index (χ0n) is 12.4. The summed E-state index contributed by atoms with van der Waals surface area (Å²) in [5, 5.41) is 0. The van der Waals surface area contributed by atoms with Crippen molar-refractivity contribution in [2.75, 3.05) is 7.11 Å². The van der Waals surface area contributed by atoms with Crippen LogP contribution in [-0.2, 0) is 9.53 Å². The largest absolute Gasteiger partial charge is 0.469 e. The number of carbonyl (C=O) groups excluding carboxylic acids is 1. The van der Waals surface area contributed by atoms with E-state index < -0.39 is 0 Å². The number of carbonyl (C=O) groups is 1. The van der Waals surface area contributed by atoms with Crippen LogP contribution in [0, 0.1) is 17.8 Å². The first-order valence-electron chi connectivity index (χ1n) is 7.74. The molecule has 106 valence electrons. The molecule has 0 aromatic rings. The average molecular weight is 254 g/mol. The molecule has 1 aliphatic carbocycles. The van der Waals surface area contributed by atoms with Crippen LogP contribution in [0.1, 0.15) is 71.6 Å². The van der Waals surface area contributed by atoms with Crippen molar-refractivity contribution in [2.24, 2.45) is 17.8 Å². The first-order valence-corrected chi connectivity index (χ1v) is 7.74. The van der Waals surface area contributed by atoms with Gasteiger partial charge < -0.3 is 4.74 Å². The van der Waals surface area contributed by atoms with Crippen molar-refractivity contribution in [1.82, 2.24) is 0 Å². The Labute approximate surface area is 112 Å². The van der Waals surface area contributed by atoms with Crippen molar-refractivity contribution in [1.29, 1.82) is 0 Å². The number of methoxy groups -OCH3 is 1. The molecule has 0 aromatic carbocycles. The van der Waals surface area contributed by atoms with E-state index >= 15 is 0 Å². The molecule has 1 rings (SSSR count). The summed E-state index contributed by atoms with van der Waals surface area (Å²) < 4.78 is 4.71. The van der Waals surface area contributed by atoms with E-state index in [0.717, 1.165) is 24.2 Å². The lowest BCUT2D eigenvalue weighted by Crippen LogP contribution is -2.21. The maximum atomic E-state index is 11.1. The van der Waals surface area contributed by atoms with Crippen molar-refractivity contribution in [3.05, 3.63) is 0 Å². The van der Waals surface area contributed by atoms with Gasteiger partial charge >= 0.3 is 5.97 Å². The number of rotatable bonds is 7. The molecule has 1 atom stereocenters. The van der Waals surface area contributed by atoms with Crippen LogP contribution in [-0.4, -0.2) is 13.1 Å². The second-order valence-corrected chi connectivity index (χ2v) is 6.04. The van der Waals surface area contributed by atoms with Crippen LogP contribution in [0.5, 0.6) is 0 Å². The number of hydrogen-bond acceptors (Lipinski definition) is 2. The minimum atomic E-state index is -0.0532. The molecule has 18 heavy (non-hydrogen) atoms. The lowest BCUT2D eigenvalue weighted by Gasteiger charge is -2.32. The van der Waals surface area contributed by atoms with E-state index in [1.54, 1.807) is 0 Å². The zero-order valence-corrected chi connectivity index (χ0v) is 12.4. The molecule has 0 spiro atoms. The molecule has 1 aliphatic rings. The number of ether oxygens (including phenoxy) is 1. The van der Waals surface area contributed by atoms with Gasteiger partial charge in [-0.2, -0.15) is 0 Å². The third kappa shape index (κ3) is 5.41. The predicted octanol–water partition coefficient (Wildman–Crippen LogP) is 4.57. The van der Waals surface area contributed by atoms with E-state index in [4.69, 9.17) is 4.74 Å². The molecule has 2 nitrogen and oxygen atoms in total. The third-order valence-corrected chi connectivity index (χ3v) is 4.57. The Morgan fingerprint density at radius 2 is 1.89 bits per heavy atom. The molecule has 0 heterocycles. The highest BCUT2D eigenvalue weighted by molar-refractivity contribution is 5.68. The predicted molar refractivity (Wildman–Crippen MR) is 75.4 cm³/mol. The normalized spacial score (nSPS) is 25.7. The quantitative estimate of drug-likeness (QED) is 0.622. The zero-order chi connectivity index (χ0) is 13.4. The van der Waals surface area contributed by atoms with Crippen LogP contribution in [0.4, 0.5) is 0 Å². The number of hydrogen-bond donors (Lipinski definition) is 0. The van der Waals surface area contributed by atoms with Crippen molar-refractivity contribution < 1.29 is 9.53 Å². The van der Waals surface area contributed by atoms with Crippen LogP contribution in [0.25, 0.3) is 0 Å². The highest BCUT2D eigenvalue weighted by atomic mass is 16.5. The van der Waals surface area contributed by atoms with Gasteiger partial charge in [0.25, 0.3) is 0 Å². The maximum absolute atomic E-state index is 11.1. The van der Waals surface area contributed by atoms with Gasteiger partial charge in [0.05, 0.1) is 7.11 Å². The SMILES string of the molecule is CCCC(CCCC(=O)OC)C1CCC(C)CC1. The van der Waals surface area contributed by atoms with Gasteiger partial charge in [-0.15, -0.1) is 0 Å². The van der Waals surface area contributed by atoms with E-state index in [0.29, 0.717) is 6.42 Å². The standard InChI is InChI=1S/C16H30O2/c1-4-6-14(7-5-8-16(17)18-3)15-11-9-13(2)10-12-15/h13-15H,4-12H2,1-3H3. The van der Waals surface area contributed by atoms with E-state index in [9.17, 15) is 4.79 Å². The molecule has 1 unspecified atom stereocenters. The summed E-state index contributed by atoms with van der Waals surface area (Å²) in [5.41, 5.74) is 0. The minimum Gasteiger partial charge on any atom is -0.469 e. The smallest absolute Gasteiger partial charge is 0.305 e. The molecule has 0 N–H and O–H groups in total. The second kappa shape index (κ2) is 8.55. The molecule has 0 radical (unpaired) electrons. The van der Waals surface area contributed by atoms with Gasteiger partial charge in [-0.25, -0.2) is 0 Å². The molecule has 0 aromatic heterocycles. The van der Waals surface area contributed by atoms with Gasteiger partial charge in [0.15, 0.2) is 0 Å². The minimum absolute atomic E-state index is 0.0532. The van der Waals surface area contributed by atoms with Gasteiger partial charge in [0, 0.05) is 6.42 Å². The fourth-order valence-electron chi connectivity index (χ4n) is 3.35. The Balaban J connectivity index is 2.32. The lowest BCUT2D eigenvalue weighted by molar-refractivity contribution is -0.140. The van der Waals surface area contributed by atoms with Gasteiger partial charge in [0.2, 0.25) is 0 Å². The van der Waals surface area contributed by atoms with Crippen LogP contribution in [0.15, 0.2) is 0 Å². The Kier molecular flexibility index (Phi) is 7.38. The molecular weight excluding hydrogens is 224 g/mol. The van der Waals surface area contributed by atoms with E-state index in [1.807, 2.05) is 0 Å². The summed E-state index contributed by atoms with van der Waals surface area (Å²) in [5.74, 6) is 2.63. The summed E-state index contributed by atoms with van der Waals surface area (Å²) in [7, 11) is 1.48. The van der Waals surface area contributed by atoms with Crippen LogP contribution in [0.2, 0.25) is 0 Å². The summed E-state index contributed by atoms with van der Waals surface area (Å²) >= 11 is 0. The van der Waals surface area contributed by atoms with Crippen molar-refractivity contribution in [3.63, 3.8) is 0 Å². The topological polar surface area (TPSA) is 26.3 Å². The van der Waals surface area contributed by atoms with Crippen LogP contribution < -0.4 is 0 Å². The van der Waals surface area contributed by atoms with Crippen molar-refractivity contribution >= 4 is 5.97 Å². The Bertz CT molecular complexity index is 229. The molecule has 1 fully saturated rings. The molecule has 0 amide bonds. The third-order valence-electron chi connectivity index (χ3n) is 4.57. The summed E-state index contributed by atoms with van der Waals surface area (Å²) in [6.07, 6.45) is 11.0. The van der Waals surface area contributed by atoms with Crippen molar-refractivity contribution in [2.45, 2.75) is 71.6 Å².